The van der Waals surface area contributed by atoms with E-state index in [1.165, 1.54) is 0 Å². The highest BCUT2D eigenvalue weighted by Crippen LogP contribution is 2.30. The number of likely N-dealkylation sites (tertiary alicyclic amines) is 1. The maximum absolute atomic E-state index is 13.4. The molecule has 5 rings (SSSR count). The lowest BCUT2D eigenvalue weighted by Gasteiger charge is -2.31. The van der Waals surface area contributed by atoms with Crippen LogP contribution >= 0.6 is 0 Å². The maximum atomic E-state index is 13.4. The van der Waals surface area contributed by atoms with Crippen LogP contribution in [0.2, 0.25) is 0 Å². The molecule has 1 fully saturated rings. The number of hydrogen-bond donors (Lipinski definition) is 1. The van der Waals surface area contributed by atoms with Crippen molar-refractivity contribution >= 4 is 17.6 Å². The molecule has 0 spiro atoms. The number of nitrogens with zero attached hydrogens (tertiary/aromatic N) is 4. The van der Waals surface area contributed by atoms with Crippen molar-refractivity contribution in [3.8, 4) is 5.69 Å². The average molecular weight is 444 g/mol. The predicted octanol–water partition coefficient (Wildman–Crippen LogP) is 3.86. The van der Waals surface area contributed by atoms with Crippen LogP contribution in [0.3, 0.4) is 0 Å². The molecule has 0 unspecified atom stereocenters. The minimum absolute atomic E-state index is 0.0143. The van der Waals surface area contributed by atoms with E-state index in [-0.39, 0.29) is 17.7 Å². The Morgan fingerprint density at radius 3 is 2.55 bits per heavy atom. The molecule has 1 saturated heterocycles. The van der Waals surface area contributed by atoms with E-state index in [4.69, 9.17) is 5.10 Å². The van der Waals surface area contributed by atoms with Crippen LogP contribution in [0.25, 0.3) is 5.69 Å². The highest BCUT2D eigenvalue weighted by atomic mass is 16.2. The van der Waals surface area contributed by atoms with Crippen molar-refractivity contribution in [1.29, 1.82) is 0 Å². The van der Waals surface area contributed by atoms with E-state index < -0.39 is 0 Å². The number of pyridine rings is 1. The van der Waals surface area contributed by atoms with Crippen molar-refractivity contribution in [1.82, 2.24) is 19.7 Å². The number of amides is 2. The number of anilines is 1. The molecule has 1 aliphatic heterocycles. The molecule has 3 aromatic rings. The third-order valence-corrected chi connectivity index (χ3v) is 6.79. The van der Waals surface area contributed by atoms with Gasteiger partial charge < -0.3 is 10.2 Å². The summed E-state index contributed by atoms with van der Waals surface area (Å²) >= 11 is 0. The lowest BCUT2D eigenvalue weighted by Crippen LogP contribution is -2.42. The van der Waals surface area contributed by atoms with Crippen LogP contribution in [-0.2, 0) is 17.6 Å². The largest absolute Gasteiger partial charge is 0.337 e. The number of hydrogen-bond acceptors (Lipinski definition) is 4. The zero-order valence-corrected chi connectivity index (χ0v) is 19.2. The average Bonchev–Trinajstić information content (AvgIpc) is 3.44. The summed E-state index contributed by atoms with van der Waals surface area (Å²) in [7, 11) is 0. The van der Waals surface area contributed by atoms with E-state index in [9.17, 15) is 9.59 Å². The molecule has 0 saturated carbocycles. The van der Waals surface area contributed by atoms with Crippen LogP contribution in [0, 0.1) is 19.8 Å². The Balaban J connectivity index is 1.28. The molecule has 2 aliphatic rings. The molecule has 7 nitrogen and oxygen atoms in total. The van der Waals surface area contributed by atoms with Gasteiger partial charge in [-0.3, -0.25) is 9.59 Å². The number of piperidine rings is 1. The summed E-state index contributed by atoms with van der Waals surface area (Å²) in [6.45, 7) is 5.15. The number of nitrogens with one attached hydrogen (secondary N) is 1. The van der Waals surface area contributed by atoms with Gasteiger partial charge in [0, 0.05) is 36.5 Å². The fourth-order valence-corrected chi connectivity index (χ4v) is 4.87. The molecule has 7 heteroatoms. The second-order valence-electron chi connectivity index (χ2n) is 9.10. The number of carbonyl (C=O) groups is 2. The number of carbonyl (C=O) groups excluding carboxylic acids is 2. The van der Waals surface area contributed by atoms with Crippen LogP contribution in [-0.4, -0.2) is 44.6 Å². The number of benzene rings is 1. The topological polar surface area (TPSA) is 80.1 Å². The Bertz CT molecular complexity index is 1190. The van der Waals surface area contributed by atoms with Crippen molar-refractivity contribution in [3.05, 3.63) is 70.7 Å². The van der Waals surface area contributed by atoms with E-state index in [0.29, 0.717) is 37.4 Å². The van der Waals surface area contributed by atoms with Gasteiger partial charge in [0.15, 0.2) is 5.69 Å². The molecule has 1 aromatic carbocycles. The van der Waals surface area contributed by atoms with Crippen molar-refractivity contribution in [2.45, 2.75) is 46.0 Å². The van der Waals surface area contributed by atoms with Crippen molar-refractivity contribution in [3.63, 3.8) is 0 Å². The molecule has 0 atom stereocenters. The van der Waals surface area contributed by atoms with E-state index in [1.807, 2.05) is 40.8 Å². The number of rotatable bonds is 4. The highest BCUT2D eigenvalue weighted by Gasteiger charge is 2.33. The summed E-state index contributed by atoms with van der Waals surface area (Å²) in [5.74, 6) is 0.413. The van der Waals surface area contributed by atoms with Crippen molar-refractivity contribution in [2.24, 2.45) is 5.92 Å². The Morgan fingerprint density at radius 2 is 1.82 bits per heavy atom. The number of aryl methyl sites for hydroxylation is 2. The Morgan fingerprint density at radius 1 is 1.03 bits per heavy atom. The predicted molar refractivity (Wildman–Crippen MR) is 127 cm³/mol. The summed E-state index contributed by atoms with van der Waals surface area (Å²) in [5, 5.41) is 7.70. The third-order valence-electron chi connectivity index (χ3n) is 6.79. The van der Waals surface area contributed by atoms with E-state index >= 15 is 0 Å². The van der Waals surface area contributed by atoms with Crippen LogP contribution in [0.1, 0.15) is 52.1 Å². The van der Waals surface area contributed by atoms with Gasteiger partial charge in [-0.15, -0.1) is 0 Å². The van der Waals surface area contributed by atoms with Crippen LogP contribution in [0.15, 0.2) is 42.6 Å². The SMILES string of the molecule is Cc1ccc(NC(=O)C2CCN(C(=O)c3nn(-c4ccccc4C)c4c3CCC4)CC2)nc1. The van der Waals surface area contributed by atoms with Gasteiger partial charge in [0.2, 0.25) is 5.91 Å². The molecular weight excluding hydrogens is 414 g/mol. The molecule has 2 amide bonds. The second-order valence-corrected chi connectivity index (χ2v) is 9.10. The first-order valence-corrected chi connectivity index (χ1v) is 11.7. The number of fused-ring (bicyclic) bond motifs is 1. The van der Waals surface area contributed by atoms with Crippen LogP contribution in [0.4, 0.5) is 5.82 Å². The van der Waals surface area contributed by atoms with Crippen LogP contribution < -0.4 is 5.32 Å². The molecule has 1 N–H and O–H groups in total. The molecule has 2 aromatic heterocycles. The molecule has 33 heavy (non-hydrogen) atoms. The maximum Gasteiger partial charge on any atom is 0.274 e. The van der Waals surface area contributed by atoms with Gasteiger partial charge in [-0.25, -0.2) is 9.67 Å². The van der Waals surface area contributed by atoms with Gasteiger partial charge in [0.25, 0.3) is 5.91 Å². The van der Waals surface area contributed by atoms with E-state index in [1.54, 1.807) is 6.20 Å². The van der Waals surface area contributed by atoms with Gasteiger partial charge in [-0.2, -0.15) is 5.10 Å². The first-order chi connectivity index (χ1) is 16.0. The minimum atomic E-state index is -0.118. The Hall–Kier alpha value is -3.48. The first-order valence-electron chi connectivity index (χ1n) is 11.7. The first kappa shape index (κ1) is 21.4. The molecule has 170 valence electrons. The summed E-state index contributed by atoms with van der Waals surface area (Å²) in [5.41, 5.74) is 6.06. The van der Waals surface area contributed by atoms with E-state index in [2.05, 4.69) is 29.4 Å². The minimum Gasteiger partial charge on any atom is -0.337 e. The molecule has 3 heterocycles. The summed E-state index contributed by atoms with van der Waals surface area (Å²) in [6, 6.07) is 11.9. The van der Waals surface area contributed by atoms with E-state index in [0.717, 1.165) is 47.3 Å². The normalized spacial score (nSPS) is 16.0. The smallest absolute Gasteiger partial charge is 0.274 e. The third kappa shape index (κ3) is 4.15. The fraction of sp³-hybridized carbons (Fsp3) is 0.385. The zero-order valence-electron chi connectivity index (χ0n) is 19.2. The molecule has 0 radical (unpaired) electrons. The van der Waals surface area contributed by atoms with Gasteiger partial charge in [0.1, 0.15) is 5.82 Å². The Labute approximate surface area is 193 Å². The number of aromatic nitrogens is 3. The van der Waals surface area contributed by atoms with Gasteiger partial charge in [-0.1, -0.05) is 24.3 Å². The van der Waals surface area contributed by atoms with Gasteiger partial charge in [-0.05, 0) is 69.2 Å². The summed E-state index contributed by atoms with van der Waals surface area (Å²) < 4.78 is 1.97. The molecular formula is C26H29N5O2. The quantitative estimate of drug-likeness (QED) is 0.664. The summed E-state index contributed by atoms with van der Waals surface area (Å²) in [4.78, 5) is 32.2. The lowest BCUT2D eigenvalue weighted by atomic mass is 9.95. The number of para-hydroxylation sites is 1. The van der Waals surface area contributed by atoms with Gasteiger partial charge in [0.05, 0.1) is 5.69 Å². The standard InChI is InChI=1S/C26H29N5O2/c1-17-10-11-23(27-16-17)28-25(32)19-12-14-30(15-13-19)26(33)24-20-7-5-9-22(20)31(29-24)21-8-4-3-6-18(21)2/h3-4,6,8,10-11,16,19H,5,7,9,12-15H2,1-2H3,(H,27,28,32). The summed E-state index contributed by atoms with van der Waals surface area (Å²) in [6.07, 6.45) is 5.91. The molecule has 0 bridgehead atoms. The monoisotopic (exact) mass is 443 g/mol. The lowest BCUT2D eigenvalue weighted by molar-refractivity contribution is -0.121. The van der Waals surface area contributed by atoms with Crippen molar-refractivity contribution < 1.29 is 9.59 Å². The van der Waals surface area contributed by atoms with Crippen molar-refractivity contribution in [2.75, 3.05) is 18.4 Å². The fourth-order valence-electron chi connectivity index (χ4n) is 4.87. The Kier molecular flexibility index (Phi) is 5.70. The zero-order chi connectivity index (χ0) is 22.9. The molecule has 1 aliphatic carbocycles. The van der Waals surface area contributed by atoms with Crippen LogP contribution in [0.5, 0.6) is 0 Å². The van der Waals surface area contributed by atoms with Gasteiger partial charge >= 0.3 is 0 Å². The second kappa shape index (κ2) is 8.81. The highest BCUT2D eigenvalue weighted by molar-refractivity contribution is 5.95.